The number of ether oxygens (including phenoxy) is 1. The lowest BCUT2D eigenvalue weighted by atomic mass is 9.96. The third kappa shape index (κ3) is 16.6. The zero-order valence-electron chi connectivity index (χ0n) is 60.8. The van der Waals surface area contributed by atoms with E-state index in [0.29, 0.717) is 101 Å². The van der Waals surface area contributed by atoms with E-state index < -0.39 is 5.91 Å². The number of nitrogens with zero attached hydrogens (tertiary/aromatic N) is 7. The van der Waals surface area contributed by atoms with Gasteiger partial charge in [0.15, 0.2) is 46.1 Å². The molecule has 1 unspecified atom stereocenters. The van der Waals surface area contributed by atoms with Crippen LogP contribution in [0, 0.1) is 27.3 Å². The normalized spacial score (nSPS) is 16.5. The van der Waals surface area contributed by atoms with Gasteiger partial charge >= 0.3 is 0 Å². The van der Waals surface area contributed by atoms with Crippen molar-refractivity contribution in [1.82, 2.24) is 24.9 Å². The number of hydrogen-bond donors (Lipinski definition) is 6. The Morgan fingerprint density at radius 3 is 1.51 bits per heavy atom. The number of thiocarbonyl (C=S) groups is 4. The molecule has 0 radical (unpaired) electrons. The molecule has 18 rings (SSSR count). The molecule has 5 aliphatic heterocycles. The number of anilines is 5. The first-order valence-electron chi connectivity index (χ1n) is 34.7. The molecule has 0 aliphatic carbocycles. The van der Waals surface area contributed by atoms with E-state index in [1.165, 1.54) is 72.6 Å². The number of aromatic nitrogens is 5. The average Bonchev–Trinajstić information content (AvgIpc) is 1.60. The second kappa shape index (κ2) is 34.8. The molecule has 34 heteroatoms. The largest absolute Gasteiger partial charge is 0.506 e. The second-order valence-electron chi connectivity index (χ2n) is 26.2. The fourth-order valence-electron chi connectivity index (χ4n) is 13.0. The highest BCUT2D eigenvalue weighted by Gasteiger charge is 2.40. The highest BCUT2D eigenvalue weighted by atomic mass is 79.9. The van der Waals surface area contributed by atoms with Crippen molar-refractivity contribution < 1.29 is 53.3 Å². The van der Waals surface area contributed by atoms with Crippen molar-refractivity contribution in [2.24, 2.45) is 0 Å². The third-order valence-electron chi connectivity index (χ3n) is 18.9. The van der Waals surface area contributed by atoms with Crippen LogP contribution in [0.5, 0.6) is 17.2 Å². The van der Waals surface area contributed by atoms with E-state index >= 15 is 0 Å². The molecule has 6 N–H and O–H groups in total. The summed E-state index contributed by atoms with van der Waals surface area (Å²) >= 11 is 38.2. The van der Waals surface area contributed by atoms with Crippen molar-refractivity contribution in [3.05, 3.63) is 273 Å². The molecule has 588 valence electrons. The molecule has 4 amide bonds. The number of aryl methyl sites for hydroxylation is 3. The predicted octanol–water partition coefficient (Wildman–Crippen LogP) is 20.8. The van der Waals surface area contributed by atoms with Crippen LogP contribution in [0.3, 0.4) is 0 Å². The molecule has 1 atom stereocenters. The minimum Gasteiger partial charge on any atom is -0.506 e. The zero-order valence-corrected chi connectivity index (χ0v) is 71.3. The number of carbonyl (C=O) groups is 8. The van der Waals surface area contributed by atoms with Gasteiger partial charge in [-0.3, -0.25) is 58.0 Å². The summed E-state index contributed by atoms with van der Waals surface area (Å²) in [5.41, 5.74) is 15.9. The monoisotopic (exact) mass is 1830 g/mol. The molecule has 5 aliphatic rings. The number of thiazole rings is 2. The van der Waals surface area contributed by atoms with Gasteiger partial charge in [0.05, 0.1) is 103 Å². The number of amides is 4. The second-order valence-corrected chi connectivity index (χ2v) is 35.9. The van der Waals surface area contributed by atoms with Gasteiger partial charge in [0.25, 0.3) is 23.6 Å². The van der Waals surface area contributed by atoms with E-state index in [9.17, 15) is 48.6 Å². The van der Waals surface area contributed by atoms with Crippen molar-refractivity contribution >= 4 is 297 Å². The lowest BCUT2D eigenvalue weighted by Crippen LogP contribution is -2.27. The number of thioether (sulfide) groups is 4. The first-order chi connectivity index (χ1) is 56.2. The summed E-state index contributed by atoms with van der Waals surface area (Å²) in [5.74, 6) is -1.96. The third-order valence-corrected chi connectivity index (χ3v) is 26.6. The van der Waals surface area contributed by atoms with E-state index in [2.05, 4.69) is 51.0 Å². The molecule has 10 heterocycles. The number of ketones is 4. The number of aromatic amines is 3. The summed E-state index contributed by atoms with van der Waals surface area (Å²) in [6.07, 6.45) is 10.3. The van der Waals surface area contributed by atoms with Crippen molar-refractivity contribution in [2.75, 3.05) is 38.6 Å². The van der Waals surface area contributed by atoms with Crippen LogP contribution in [0.25, 0.3) is 58.0 Å². The number of allylic oxidation sites excluding steroid dienone is 4. The maximum Gasteiger partial charge on any atom is 0.270 e. The van der Waals surface area contributed by atoms with Crippen LogP contribution < -0.4 is 29.7 Å². The Morgan fingerprint density at radius 2 is 1.01 bits per heavy atom. The van der Waals surface area contributed by atoms with Crippen LogP contribution >= 0.6 is 146 Å². The number of fused-ring (bicyclic) bond motifs is 6. The van der Waals surface area contributed by atoms with E-state index in [-0.39, 0.29) is 85.4 Å². The number of benzene rings is 8. The van der Waals surface area contributed by atoms with Crippen molar-refractivity contribution in [2.45, 2.75) is 34.1 Å². The van der Waals surface area contributed by atoms with E-state index in [1.807, 2.05) is 97.9 Å². The Bertz CT molecular complexity index is 6700. The maximum absolute atomic E-state index is 13.0. The van der Waals surface area contributed by atoms with Gasteiger partial charge in [-0.1, -0.05) is 151 Å². The van der Waals surface area contributed by atoms with Gasteiger partial charge in [0.1, 0.15) is 17.2 Å². The first-order valence-corrected chi connectivity index (χ1v) is 42.5. The van der Waals surface area contributed by atoms with Crippen LogP contribution in [0.15, 0.2) is 218 Å². The molecular weight excluding hydrogens is 1780 g/mol. The van der Waals surface area contributed by atoms with E-state index in [1.54, 1.807) is 93.0 Å². The quantitative estimate of drug-likeness (QED) is 0.0271. The molecule has 4 saturated heterocycles. The molecule has 118 heavy (non-hydrogen) atoms. The Morgan fingerprint density at radius 1 is 0.551 bits per heavy atom. The van der Waals surface area contributed by atoms with Crippen molar-refractivity contribution in [3.8, 4) is 17.2 Å². The van der Waals surface area contributed by atoms with E-state index in [4.69, 9.17) is 71.8 Å². The lowest BCUT2D eigenvalue weighted by molar-refractivity contribution is -0.117. The Hall–Kier alpha value is -11.1. The van der Waals surface area contributed by atoms with Crippen LogP contribution in [0.4, 0.5) is 34.1 Å². The van der Waals surface area contributed by atoms with Crippen LogP contribution in [0.2, 0.25) is 5.02 Å². The molecule has 0 spiro atoms. The fourth-order valence-corrected chi connectivity index (χ4v) is 20.3. The molecule has 5 aromatic heterocycles. The number of para-hydroxylation sites is 1. The molecular formula is C84H57BrClN11O11S10. The summed E-state index contributed by atoms with van der Waals surface area (Å²) < 4.78 is 9.09. The van der Waals surface area contributed by atoms with Gasteiger partial charge in [0.2, 0.25) is 0 Å². The predicted molar refractivity (Wildman–Crippen MR) is 496 cm³/mol. The van der Waals surface area contributed by atoms with Gasteiger partial charge in [-0.25, -0.2) is 14.8 Å². The summed E-state index contributed by atoms with van der Waals surface area (Å²) in [5, 5.41) is 25.4. The summed E-state index contributed by atoms with van der Waals surface area (Å²) in [7, 11) is 1.59. The number of hydrogen-bond acceptors (Lipinski definition) is 24. The highest BCUT2D eigenvalue weighted by Crippen LogP contribution is 2.45. The number of H-pyrrole nitrogens is 3. The minimum atomic E-state index is -0.399. The Balaban J connectivity index is 0.000000129. The fraction of sp³-hybridized carbons (Fsp3) is 0.0833. The standard InChI is InChI=1S/C21H15BrN2O3S2.C21H10N4O2S3.C21H15N3O3S3.C20H13ClN2O3S2.CH4/c1-10-3-4-16-13(5-10)14(9-23-16)17(25)8-18-20(27)24(21(28)29-18)12-6-11(2)19(26)15(22)7-12;1-22-11-2-4-15-13(6-11)14(9-23-15)17(26)8-19-20(27)25(21(28)30-19)12-3-5-16-18(7-12)29-10-24-16;1-27-12-3-5-15-13(7-12)14(9-22-15)17(25)8-19-20(26)24(21(28)30-19)11-2-4-16-18(6-11)29-10-23-16;1-10-6-11(7-14(21)18(10)25)23-19(26)17(28-20(23)27)8-16(24)13-9-22-15-5-3-2-4-12(13)15;/h3-9,23,26H,1-2H3;2-10,23H;2-8,10,14,22H,9H2,1H3;2-9,22,25H,1H3;1H4/b18-8-;2*19-8-;17-8-;. The SMILES string of the molecule is C.COc1ccc2c(c1)C(C(=O)/C=C1\SC(=S)N(c3ccc4ncsc4c3)C1=O)CN2.Cc1cc(N2C(=O)/C(=C/C(=O)c3c[nH]c4ccccc34)SC2=S)cc(Cl)c1O.Cc1ccc2[nH]cc(C(=O)/C=C3\SC(=S)N(c4cc(C)c(O)c(Br)c4)C3=O)c2c1.[C-]#[N+]c1ccc2[nH]cc(C(=O)/C=C3\SC(=S)N(c4ccc5ncsc5c4)C3=O)c2c1. The summed E-state index contributed by atoms with van der Waals surface area (Å²) in [4.78, 5) is 131. The average molecular weight is 1830 g/mol. The highest BCUT2D eigenvalue weighted by molar-refractivity contribution is 9.10. The van der Waals surface area contributed by atoms with Crippen LogP contribution in [0.1, 0.15) is 66.7 Å². The number of phenols is 2. The number of rotatable bonds is 13. The van der Waals surface area contributed by atoms with Crippen molar-refractivity contribution in [1.29, 1.82) is 0 Å². The minimum absolute atomic E-state index is 0. The first kappa shape index (κ1) is 83.4. The molecule has 22 nitrogen and oxygen atoms in total. The molecule has 4 fully saturated rings. The van der Waals surface area contributed by atoms with Gasteiger partial charge in [-0.05, 0) is 163 Å². The van der Waals surface area contributed by atoms with Gasteiger partial charge < -0.3 is 35.2 Å². The Kier molecular flexibility index (Phi) is 24.6. The number of phenolic OH excluding ortho intramolecular Hbond substituents is 2. The number of aromatic hydroxyl groups is 2. The summed E-state index contributed by atoms with van der Waals surface area (Å²) in [6, 6.07) is 41.5. The van der Waals surface area contributed by atoms with Crippen LogP contribution in [-0.2, 0) is 24.0 Å². The molecule has 0 saturated carbocycles. The topological polar surface area (TPSA) is 289 Å². The number of nitrogens with one attached hydrogen (secondary N) is 4. The maximum atomic E-state index is 13.0. The molecule has 0 bridgehead atoms. The lowest BCUT2D eigenvalue weighted by Gasteiger charge is -2.16. The molecule has 8 aromatic carbocycles. The van der Waals surface area contributed by atoms with E-state index in [0.717, 1.165) is 112 Å². The van der Waals surface area contributed by atoms with Gasteiger partial charge in [-0.15, -0.1) is 22.7 Å². The summed E-state index contributed by atoms with van der Waals surface area (Å²) in [6.45, 7) is 13.0. The van der Waals surface area contributed by atoms with Gasteiger partial charge in [-0.2, -0.15) is 0 Å². The smallest absolute Gasteiger partial charge is 0.270 e. The number of carbonyl (C=O) groups excluding carboxylic acids is 8. The zero-order chi connectivity index (χ0) is 82.5. The number of halogens is 2. The Labute approximate surface area is 731 Å². The van der Waals surface area contributed by atoms with Crippen LogP contribution in [-0.4, -0.2) is 113 Å². The number of methoxy groups -OCH3 is 1. The molecule has 13 aromatic rings. The van der Waals surface area contributed by atoms with Gasteiger partial charge in [0, 0.05) is 105 Å². The van der Waals surface area contributed by atoms with Crippen molar-refractivity contribution in [3.63, 3.8) is 0 Å².